The smallest absolute Gasteiger partial charge is 0.399 e. The molecule has 3 N–H and O–H groups in total. The van der Waals surface area contributed by atoms with Crippen LogP contribution in [-0.4, -0.2) is 41.6 Å². The van der Waals surface area contributed by atoms with Crippen molar-refractivity contribution in [1.29, 1.82) is 0 Å². The zero-order chi connectivity index (χ0) is 25.7. The maximum absolute atomic E-state index is 12.4. The Hall–Kier alpha value is -2.06. The first-order valence-electron chi connectivity index (χ1n) is 13.1. The molecule has 0 saturated heterocycles. The van der Waals surface area contributed by atoms with E-state index in [0.29, 0.717) is 29.6 Å². The molecule has 0 bridgehead atoms. The van der Waals surface area contributed by atoms with Gasteiger partial charge in [0.2, 0.25) is 0 Å². The van der Waals surface area contributed by atoms with E-state index in [9.17, 15) is 13.2 Å². The summed E-state index contributed by atoms with van der Waals surface area (Å²) >= 11 is 0.643. The van der Waals surface area contributed by atoms with Crippen LogP contribution in [0.5, 0.6) is 5.75 Å². The van der Waals surface area contributed by atoms with E-state index >= 15 is 0 Å². The van der Waals surface area contributed by atoms with Crippen LogP contribution < -0.4 is 15.2 Å². The molecule has 198 valence electrons. The van der Waals surface area contributed by atoms with Crippen molar-refractivity contribution >= 4 is 28.4 Å². The highest BCUT2D eigenvalue weighted by molar-refractivity contribution is 8.00. The summed E-state index contributed by atoms with van der Waals surface area (Å²) < 4.78 is 46.4. The number of halogens is 3. The summed E-state index contributed by atoms with van der Waals surface area (Å²) in [5.41, 5.74) is 8.46. The first-order valence-corrected chi connectivity index (χ1v) is 14.1. The fourth-order valence-corrected chi connectivity index (χ4v) is 6.23. The number of fused-ring (bicyclic) bond motifs is 1. The van der Waals surface area contributed by atoms with Gasteiger partial charge in [0.05, 0.1) is 6.10 Å². The Kier molecular flexibility index (Phi) is 8.99. The van der Waals surface area contributed by atoms with Crippen LogP contribution in [0.1, 0.15) is 58.3 Å². The lowest BCUT2D eigenvalue weighted by molar-refractivity contribution is -0.105. The van der Waals surface area contributed by atoms with E-state index in [-0.39, 0.29) is 12.1 Å². The number of anilines is 1. The third-order valence-electron chi connectivity index (χ3n) is 7.63. The summed E-state index contributed by atoms with van der Waals surface area (Å²) in [6.45, 7) is 7.57. The molecule has 2 aromatic rings. The van der Waals surface area contributed by atoms with Gasteiger partial charge in [0, 0.05) is 30.0 Å². The van der Waals surface area contributed by atoms with Gasteiger partial charge in [-0.05, 0) is 98.4 Å². The Morgan fingerprint density at radius 3 is 2.44 bits per heavy atom. The molecule has 2 fully saturated rings. The Bertz CT molecular complexity index is 1020. The van der Waals surface area contributed by atoms with E-state index in [1.165, 1.54) is 25.7 Å². The standard InChI is InChI=1S/C28H38F3N3OS/c1-3-34(24-6-4-5-7-24)19(2)27(32)21-10-13-25(14-11-21)35-26-15-9-20-8-12-23(16-22(20)17-26)33-36-18-28(29,30)31/h8-9,12,15-17,21,24-25,27,33H,2-7,10-11,13-14,18,32H2,1H3. The van der Waals surface area contributed by atoms with Crippen molar-refractivity contribution in [3.05, 3.63) is 48.7 Å². The molecule has 2 aromatic carbocycles. The predicted octanol–water partition coefficient (Wildman–Crippen LogP) is 7.51. The van der Waals surface area contributed by atoms with Crippen LogP contribution in [0.2, 0.25) is 0 Å². The zero-order valence-corrected chi connectivity index (χ0v) is 21.8. The molecule has 2 aliphatic rings. The third-order valence-corrected chi connectivity index (χ3v) is 8.48. The van der Waals surface area contributed by atoms with Crippen LogP contribution in [0.4, 0.5) is 18.9 Å². The number of benzene rings is 2. The van der Waals surface area contributed by atoms with Gasteiger partial charge in [-0.1, -0.05) is 31.6 Å². The highest BCUT2D eigenvalue weighted by atomic mass is 32.2. The number of rotatable bonds is 10. The Morgan fingerprint density at radius 1 is 1.08 bits per heavy atom. The summed E-state index contributed by atoms with van der Waals surface area (Å²) in [5.74, 6) is 0.274. The SMILES string of the molecule is C=C(C(N)C1CCC(Oc2ccc3ccc(NSCC(F)(F)F)cc3c2)CC1)N(CC)C1CCCC1. The molecular formula is C28H38F3N3OS. The molecule has 2 saturated carbocycles. The minimum Gasteiger partial charge on any atom is -0.490 e. The van der Waals surface area contributed by atoms with Gasteiger partial charge in [0.15, 0.2) is 0 Å². The maximum Gasteiger partial charge on any atom is 0.399 e. The van der Waals surface area contributed by atoms with Crippen molar-refractivity contribution in [2.45, 2.75) is 82.7 Å². The quantitative estimate of drug-likeness (QED) is 0.317. The van der Waals surface area contributed by atoms with Crippen LogP contribution in [-0.2, 0) is 0 Å². The van der Waals surface area contributed by atoms with Gasteiger partial charge in [-0.15, -0.1) is 0 Å². The topological polar surface area (TPSA) is 50.5 Å². The summed E-state index contributed by atoms with van der Waals surface area (Å²) in [6.07, 6.45) is 4.98. The fourth-order valence-electron chi connectivity index (χ4n) is 5.70. The van der Waals surface area contributed by atoms with Crippen molar-refractivity contribution < 1.29 is 17.9 Å². The van der Waals surface area contributed by atoms with Gasteiger partial charge in [-0.2, -0.15) is 13.2 Å². The van der Waals surface area contributed by atoms with Crippen LogP contribution in [0, 0.1) is 5.92 Å². The largest absolute Gasteiger partial charge is 0.490 e. The molecule has 0 aromatic heterocycles. The molecule has 0 radical (unpaired) electrons. The van der Waals surface area contributed by atoms with Gasteiger partial charge >= 0.3 is 6.18 Å². The van der Waals surface area contributed by atoms with Gasteiger partial charge in [0.25, 0.3) is 0 Å². The Labute approximate surface area is 216 Å². The van der Waals surface area contributed by atoms with E-state index in [2.05, 4.69) is 23.1 Å². The molecule has 0 amide bonds. The van der Waals surface area contributed by atoms with Gasteiger partial charge < -0.3 is 20.1 Å². The summed E-state index contributed by atoms with van der Waals surface area (Å²) in [4.78, 5) is 2.44. The van der Waals surface area contributed by atoms with Crippen molar-refractivity contribution in [2.75, 3.05) is 17.0 Å². The number of nitrogens with zero attached hydrogens (tertiary/aromatic N) is 1. The van der Waals surface area contributed by atoms with Gasteiger partial charge in [-0.25, -0.2) is 0 Å². The second-order valence-electron chi connectivity index (χ2n) is 10.1. The molecule has 1 atom stereocenters. The predicted molar refractivity (Wildman–Crippen MR) is 144 cm³/mol. The molecule has 1 unspecified atom stereocenters. The second kappa shape index (κ2) is 12.0. The van der Waals surface area contributed by atoms with Gasteiger partial charge in [-0.3, -0.25) is 0 Å². The Balaban J connectivity index is 1.30. The number of nitrogens with two attached hydrogens (primary N) is 1. The van der Waals surface area contributed by atoms with Crippen LogP contribution in [0.25, 0.3) is 10.8 Å². The molecular weight excluding hydrogens is 483 g/mol. The normalized spacial score (nSPS) is 21.9. The monoisotopic (exact) mass is 521 g/mol. The van der Waals surface area contributed by atoms with Crippen molar-refractivity contribution in [2.24, 2.45) is 11.7 Å². The molecule has 8 heteroatoms. The van der Waals surface area contributed by atoms with Crippen LogP contribution in [0.15, 0.2) is 48.7 Å². The molecule has 4 rings (SSSR count). The number of ether oxygens (including phenoxy) is 1. The molecule has 2 aliphatic carbocycles. The maximum atomic E-state index is 12.4. The molecule has 0 heterocycles. The summed E-state index contributed by atoms with van der Waals surface area (Å²) in [7, 11) is 0. The molecule has 4 nitrogen and oxygen atoms in total. The van der Waals surface area contributed by atoms with Crippen molar-refractivity contribution in [3.63, 3.8) is 0 Å². The summed E-state index contributed by atoms with van der Waals surface area (Å²) in [6, 6.07) is 12.1. The minimum absolute atomic E-state index is 0.00620. The number of hydrogen-bond donors (Lipinski definition) is 2. The minimum atomic E-state index is -4.20. The number of hydrogen-bond acceptors (Lipinski definition) is 5. The molecule has 36 heavy (non-hydrogen) atoms. The van der Waals surface area contributed by atoms with Crippen LogP contribution in [0.3, 0.4) is 0 Å². The van der Waals surface area contributed by atoms with E-state index in [1.807, 2.05) is 30.3 Å². The zero-order valence-electron chi connectivity index (χ0n) is 21.0. The summed E-state index contributed by atoms with van der Waals surface area (Å²) in [5, 5.41) is 1.95. The highest BCUT2D eigenvalue weighted by Gasteiger charge is 2.32. The second-order valence-corrected chi connectivity index (χ2v) is 10.9. The van der Waals surface area contributed by atoms with E-state index < -0.39 is 11.9 Å². The lowest BCUT2D eigenvalue weighted by atomic mass is 9.81. The first kappa shape index (κ1) is 27.0. The number of likely N-dealkylation sites (N-methyl/N-ethyl adjacent to an activating group) is 1. The first-order chi connectivity index (χ1) is 17.2. The average Bonchev–Trinajstić information content (AvgIpc) is 3.38. The number of alkyl halides is 3. The Morgan fingerprint density at radius 2 is 1.78 bits per heavy atom. The number of nitrogens with one attached hydrogen (secondary N) is 1. The van der Waals surface area contributed by atoms with Crippen LogP contribution >= 0.6 is 11.9 Å². The third kappa shape index (κ3) is 7.03. The van der Waals surface area contributed by atoms with Crippen molar-refractivity contribution in [1.82, 2.24) is 4.90 Å². The lowest BCUT2D eigenvalue weighted by Gasteiger charge is -2.39. The molecule has 0 aliphatic heterocycles. The average molecular weight is 522 g/mol. The molecule has 0 spiro atoms. The van der Waals surface area contributed by atoms with E-state index in [4.69, 9.17) is 10.5 Å². The van der Waals surface area contributed by atoms with Gasteiger partial charge in [0.1, 0.15) is 11.5 Å². The van der Waals surface area contributed by atoms with E-state index in [1.54, 1.807) is 6.07 Å². The lowest BCUT2D eigenvalue weighted by Crippen LogP contribution is -2.44. The fraction of sp³-hybridized carbons (Fsp3) is 0.571. The van der Waals surface area contributed by atoms with E-state index in [0.717, 1.165) is 54.4 Å². The van der Waals surface area contributed by atoms with Crippen molar-refractivity contribution in [3.8, 4) is 5.75 Å². The highest BCUT2D eigenvalue weighted by Crippen LogP contribution is 2.35.